The van der Waals surface area contributed by atoms with E-state index in [1.807, 2.05) is 43.3 Å². The van der Waals surface area contributed by atoms with Crippen LogP contribution in [-0.4, -0.2) is 60.6 Å². The van der Waals surface area contributed by atoms with Gasteiger partial charge in [0.2, 0.25) is 5.91 Å². The van der Waals surface area contributed by atoms with Crippen LogP contribution in [0.1, 0.15) is 32.3 Å². The van der Waals surface area contributed by atoms with Crippen molar-refractivity contribution in [1.82, 2.24) is 4.90 Å². The van der Waals surface area contributed by atoms with E-state index in [1.54, 1.807) is 20.1 Å². The minimum Gasteiger partial charge on any atom is -0.376 e. The average molecular weight is 442 g/mol. The van der Waals surface area contributed by atoms with Crippen molar-refractivity contribution in [2.24, 2.45) is 5.92 Å². The molecule has 0 aliphatic carbocycles. The van der Waals surface area contributed by atoms with Crippen LogP contribution in [0.3, 0.4) is 0 Å². The first-order chi connectivity index (χ1) is 15.5. The molecule has 0 N–H and O–H groups in total. The fraction of sp³-hybridized carbons (Fsp3) is 0.520. The van der Waals surface area contributed by atoms with Gasteiger partial charge in [0.05, 0.1) is 18.6 Å². The second-order valence-electron chi connectivity index (χ2n) is 8.57. The number of ether oxygens (including phenoxy) is 4. The number of carbonyl (C=O) groups excluding carboxylic acids is 2. The lowest BCUT2D eigenvalue weighted by Crippen LogP contribution is -2.53. The number of hydrogen-bond acceptors (Lipinski definition) is 6. The summed E-state index contributed by atoms with van der Waals surface area (Å²) >= 11 is 0. The average Bonchev–Trinajstić information content (AvgIpc) is 3.29. The first kappa shape index (κ1) is 22.9. The van der Waals surface area contributed by atoms with Gasteiger partial charge in [-0.2, -0.15) is 0 Å². The van der Waals surface area contributed by atoms with Gasteiger partial charge in [0.15, 0.2) is 0 Å². The van der Waals surface area contributed by atoms with E-state index in [4.69, 9.17) is 18.9 Å². The number of nitrogens with zero attached hydrogens (tertiary/aromatic N) is 1. The number of imide groups is 1. The summed E-state index contributed by atoms with van der Waals surface area (Å²) in [7, 11) is 1.64. The fourth-order valence-electron chi connectivity index (χ4n) is 5.17. The molecule has 1 unspecified atom stereocenters. The Bertz CT molecular complexity index is 899. The maximum absolute atomic E-state index is 13.4. The lowest BCUT2D eigenvalue weighted by atomic mass is 9.86. The number of rotatable bonds is 9. The van der Waals surface area contributed by atoms with E-state index < -0.39 is 23.7 Å². The van der Waals surface area contributed by atoms with E-state index in [9.17, 15) is 9.59 Å². The van der Waals surface area contributed by atoms with Crippen LogP contribution in [0.5, 0.6) is 0 Å². The highest BCUT2D eigenvalue weighted by molar-refractivity contribution is 6.08. The maximum atomic E-state index is 13.4. The molecule has 3 aliphatic heterocycles. The van der Waals surface area contributed by atoms with Crippen LogP contribution in [0.2, 0.25) is 0 Å². The Hall–Kier alpha value is -2.32. The monoisotopic (exact) mass is 441 g/mol. The molecule has 4 rings (SSSR count). The van der Waals surface area contributed by atoms with Crippen LogP contribution in [0.4, 0.5) is 0 Å². The first-order valence-electron chi connectivity index (χ1n) is 11.1. The molecule has 0 radical (unpaired) electrons. The van der Waals surface area contributed by atoms with Crippen LogP contribution >= 0.6 is 0 Å². The number of carbonyl (C=O) groups is 2. The van der Waals surface area contributed by atoms with Gasteiger partial charge in [0, 0.05) is 12.7 Å². The van der Waals surface area contributed by atoms with Gasteiger partial charge in [0.25, 0.3) is 5.91 Å². The van der Waals surface area contributed by atoms with E-state index in [-0.39, 0.29) is 30.8 Å². The minimum absolute atomic E-state index is 0.113. The highest BCUT2D eigenvalue weighted by Crippen LogP contribution is 2.51. The molecule has 1 aromatic carbocycles. The maximum Gasteiger partial charge on any atom is 0.257 e. The molecule has 7 nitrogen and oxygen atoms in total. The van der Waals surface area contributed by atoms with Crippen molar-refractivity contribution in [3.8, 4) is 0 Å². The number of benzene rings is 1. The molecule has 0 aromatic heterocycles. The summed E-state index contributed by atoms with van der Waals surface area (Å²) in [5.41, 5.74) is 0.821. The van der Waals surface area contributed by atoms with Crippen molar-refractivity contribution in [2.45, 2.75) is 63.3 Å². The SMILES string of the molecule is C=CC[C@H]1O[C@H]2[C@H](C3C=C(C)C(=O)N(COCc4ccccc4)C3=O)O[C@]1(CC)[C@H]2OC. The topological polar surface area (TPSA) is 74.3 Å². The summed E-state index contributed by atoms with van der Waals surface area (Å²) < 4.78 is 24.3. The van der Waals surface area contributed by atoms with Crippen LogP contribution in [0, 0.1) is 5.92 Å². The van der Waals surface area contributed by atoms with Crippen molar-refractivity contribution < 1.29 is 28.5 Å². The molecule has 32 heavy (non-hydrogen) atoms. The zero-order valence-electron chi connectivity index (χ0n) is 18.9. The second-order valence-corrected chi connectivity index (χ2v) is 8.57. The summed E-state index contributed by atoms with van der Waals surface area (Å²) in [6.45, 7) is 7.77. The number of fused-ring (bicyclic) bond motifs is 2. The van der Waals surface area contributed by atoms with Gasteiger partial charge in [-0.3, -0.25) is 14.5 Å². The number of methoxy groups -OCH3 is 1. The van der Waals surface area contributed by atoms with E-state index in [2.05, 4.69) is 6.58 Å². The van der Waals surface area contributed by atoms with Crippen molar-refractivity contribution in [3.05, 3.63) is 60.2 Å². The quantitative estimate of drug-likeness (QED) is 0.433. The van der Waals surface area contributed by atoms with Gasteiger partial charge in [-0.1, -0.05) is 49.4 Å². The largest absolute Gasteiger partial charge is 0.376 e. The van der Waals surface area contributed by atoms with E-state index in [1.165, 1.54) is 4.90 Å². The molecule has 3 heterocycles. The first-order valence-corrected chi connectivity index (χ1v) is 11.1. The number of amides is 2. The third-order valence-electron chi connectivity index (χ3n) is 6.76. The predicted octanol–water partition coefficient (Wildman–Crippen LogP) is 3.00. The second kappa shape index (κ2) is 9.27. The molecule has 3 aliphatic rings. The summed E-state index contributed by atoms with van der Waals surface area (Å²) in [6, 6.07) is 9.63. The van der Waals surface area contributed by atoms with Gasteiger partial charge in [-0.25, -0.2) is 0 Å². The molecule has 2 saturated heterocycles. The van der Waals surface area contributed by atoms with Crippen molar-refractivity contribution in [2.75, 3.05) is 13.8 Å². The van der Waals surface area contributed by atoms with Crippen LogP contribution in [-0.2, 0) is 35.1 Å². The van der Waals surface area contributed by atoms with Crippen LogP contribution < -0.4 is 0 Å². The Labute approximate surface area is 189 Å². The van der Waals surface area contributed by atoms with Crippen molar-refractivity contribution in [3.63, 3.8) is 0 Å². The van der Waals surface area contributed by atoms with E-state index in [0.29, 0.717) is 25.0 Å². The summed E-state index contributed by atoms with van der Waals surface area (Å²) in [5, 5.41) is 0. The van der Waals surface area contributed by atoms with Gasteiger partial charge < -0.3 is 18.9 Å². The van der Waals surface area contributed by atoms with Crippen molar-refractivity contribution >= 4 is 11.8 Å². The van der Waals surface area contributed by atoms with E-state index >= 15 is 0 Å². The molecular weight excluding hydrogens is 410 g/mol. The zero-order chi connectivity index (χ0) is 22.9. The lowest BCUT2D eigenvalue weighted by molar-refractivity contribution is -0.201. The van der Waals surface area contributed by atoms with E-state index in [0.717, 1.165) is 5.56 Å². The zero-order valence-corrected chi connectivity index (χ0v) is 18.9. The Morgan fingerprint density at radius 2 is 1.97 bits per heavy atom. The Morgan fingerprint density at radius 3 is 2.62 bits per heavy atom. The molecule has 2 fully saturated rings. The Balaban J connectivity index is 1.52. The molecule has 7 heteroatoms. The third kappa shape index (κ3) is 3.73. The molecule has 2 amide bonds. The predicted molar refractivity (Wildman–Crippen MR) is 117 cm³/mol. The molecule has 2 bridgehead atoms. The summed E-state index contributed by atoms with van der Waals surface area (Å²) in [6.07, 6.45) is 3.44. The molecule has 6 atom stereocenters. The Morgan fingerprint density at radius 1 is 1.22 bits per heavy atom. The van der Waals surface area contributed by atoms with Gasteiger partial charge in [-0.15, -0.1) is 6.58 Å². The smallest absolute Gasteiger partial charge is 0.257 e. The van der Waals surface area contributed by atoms with Gasteiger partial charge in [0.1, 0.15) is 30.6 Å². The molecule has 172 valence electrons. The van der Waals surface area contributed by atoms with Gasteiger partial charge >= 0.3 is 0 Å². The molecule has 1 aromatic rings. The fourth-order valence-corrected chi connectivity index (χ4v) is 5.17. The summed E-state index contributed by atoms with van der Waals surface area (Å²) in [4.78, 5) is 27.3. The third-order valence-corrected chi connectivity index (χ3v) is 6.76. The normalized spacial score (nSPS) is 34.2. The highest BCUT2D eigenvalue weighted by Gasteiger charge is 2.67. The number of hydrogen-bond donors (Lipinski definition) is 0. The van der Waals surface area contributed by atoms with Crippen molar-refractivity contribution in [1.29, 1.82) is 0 Å². The molecule has 0 saturated carbocycles. The van der Waals surface area contributed by atoms with Crippen LogP contribution in [0.15, 0.2) is 54.6 Å². The molecule has 0 spiro atoms. The summed E-state index contributed by atoms with van der Waals surface area (Å²) in [5.74, 6) is -1.33. The van der Waals surface area contributed by atoms with Crippen LogP contribution in [0.25, 0.3) is 0 Å². The highest BCUT2D eigenvalue weighted by atomic mass is 16.7. The Kier molecular flexibility index (Phi) is 6.62. The van der Waals surface area contributed by atoms with Gasteiger partial charge in [-0.05, 0) is 25.3 Å². The minimum atomic E-state index is -0.645. The molecular formula is C25H31NO6. The standard InChI is InChI=1S/C25H31NO6/c1-5-10-19-25(6-2)22(29-4)21(31-19)20(32-25)18-13-16(3)23(27)26(24(18)28)15-30-14-17-11-8-7-9-12-17/h5,7-9,11-13,18-22H,1,6,10,14-15H2,2-4H3/t18?,19-,20+,21+,22+,25+/m1/s1. The lowest BCUT2D eigenvalue weighted by Gasteiger charge is -2.40.